The minimum absolute atomic E-state index is 0.0671. The standard InChI is InChI=1S/C10H15BrN2OS/c1-2-13-10(14)5-7(6-12)8-3-4-9(11)15-8/h3-4,7H,2,5-6,12H2,1H3,(H,13,14). The average molecular weight is 291 g/mol. The third kappa shape index (κ3) is 3.93. The Hall–Kier alpha value is -0.390. The summed E-state index contributed by atoms with van der Waals surface area (Å²) in [7, 11) is 0. The van der Waals surface area contributed by atoms with Crippen LogP contribution in [0.1, 0.15) is 24.1 Å². The lowest BCUT2D eigenvalue weighted by molar-refractivity contribution is -0.121. The fraction of sp³-hybridized carbons (Fsp3) is 0.500. The molecule has 1 aromatic rings. The zero-order valence-electron chi connectivity index (χ0n) is 8.63. The van der Waals surface area contributed by atoms with Crippen molar-refractivity contribution in [3.63, 3.8) is 0 Å². The van der Waals surface area contributed by atoms with Crippen molar-refractivity contribution in [2.24, 2.45) is 5.73 Å². The molecule has 0 aliphatic heterocycles. The molecule has 1 amide bonds. The SMILES string of the molecule is CCNC(=O)CC(CN)c1ccc(Br)s1. The van der Waals surface area contributed by atoms with Gasteiger partial charge in [-0.2, -0.15) is 0 Å². The van der Waals surface area contributed by atoms with E-state index >= 15 is 0 Å². The van der Waals surface area contributed by atoms with Crippen LogP contribution in [-0.2, 0) is 4.79 Å². The highest BCUT2D eigenvalue weighted by Crippen LogP contribution is 2.29. The van der Waals surface area contributed by atoms with Crippen LogP contribution < -0.4 is 11.1 Å². The monoisotopic (exact) mass is 290 g/mol. The number of amides is 1. The van der Waals surface area contributed by atoms with Crippen LogP contribution in [0.3, 0.4) is 0 Å². The molecular weight excluding hydrogens is 276 g/mol. The smallest absolute Gasteiger partial charge is 0.220 e. The van der Waals surface area contributed by atoms with Gasteiger partial charge in [0.25, 0.3) is 0 Å². The largest absolute Gasteiger partial charge is 0.356 e. The van der Waals surface area contributed by atoms with Crippen LogP contribution in [0.5, 0.6) is 0 Å². The highest BCUT2D eigenvalue weighted by molar-refractivity contribution is 9.11. The summed E-state index contributed by atoms with van der Waals surface area (Å²) >= 11 is 5.04. The number of hydrogen-bond acceptors (Lipinski definition) is 3. The van der Waals surface area contributed by atoms with Crippen LogP contribution in [0.2, 0.25) is 0 Å². The van der Waals surface area contributed by atoms with E-state index < -0.39 is 0 Å². The van der Waals surface area contributed by atoms with Gasteiger partial charge in [-0.05, 0) is 35.0 Å². The van der Waals surface area contributed by atoms with Gasteiger partial charge >= 0.3 is 0 Å². The Kier molecular flexibility index (Phi) is 5.28. The summed E-state index contributed by atoms with van der Waals surface area (Å²) in [6.07, 6.45) is 0.470. The summed E-state index contributed by atoms with van der Waals surface area (Å²) < 4.78 is 1.08. The van der Waals surface area contributed by atoms with Gasteiger partial charge < -0.3 is 11.1 Å². The van der Waals surface area contributed by atoms with Crippen molar-refractivity contribution in [1.29, 1.82) is 0 Å². The van der Waals surface area contributed by atoms with Crippen LogP contribution in [-0.4, -0.2) is 19.0 Å². The van der Waals surface area contributed by atoms with Gasteiger partial charge in [0.05, 0.1) is 3.79 Å². The molecule has 5 heteroatoms. The number of halogens is 1. The number of hydrogen-bond donors (Lipinski definition) is 2. The van der Waals surface area contributed by atoms with Crippen LogP contribution >= 0.6 is 27.3 Å². The highest BCUT2D eigenvalue weighted by atomic mass is 79.9. The first-order valence-electron chi connectivity index (χ1n) is 4.89. The Morgan fingerprint density at radius 3 is 2.87 bits per heavy atom. The van der Waals surface area contributed by atoms with Crippen molar-refractivity contribution in [2.75, 3.05) is 13.1 Å². The predicted molar refractivity (Wildman–Crippen MR) is 67.1 cm³/mol. The molecule has 0 spiro atoms. The van der Waals surface area contributed by atoms with Crippen LogP contribution in [0.25, 0.3) is 0 Å². The molecule has 0 radical (unpaired) electrons. The van der Waals surface area contributed by atoms with E-state index in [2.05, 4.69) is 21.2 Å². The lowest BCUT2D eigenvalue weighted by Crippen LogP contribution is -2.26. The fourth-order valence-corrected chi connectivity index (χ4v) is 2.88. The number of carbonyl (C=O) groups is 1. The van der Waals surface area contributed by atoms with Gasteiger partial charge in [-0.1, -0.05) is 0 Å². The fourth-order valence-electron chi connectivity index (χ4n) is 1.34. The molecule has 1 heterocycles. The van der Waals surface area contributed by atoms with E-state index in [9.17, 15) is 4.79 Å². The van der Waals surface area contributed by atoms with Crippen LogP contribution in [0.4, 0.5) is 0 Å². The van der Waals surface area contributed by atoms with E-state index in [-0.39, 0.29) is 11.8 Å². The Labute approximate surface area is 102 Å². The molecule has 1 aromatic heterocycles. The molecule has 1 rings (SSSR count). The summed E-state index contributed by atoms with van der Waals surface area (Å²) in [6.45, 7) is 3.09. The molecule has 1 atom stereocenters. The second kappa shape index (κ2) is 6.25. The first-order chi connectivity index (χ1) is 7.17. The maximum atomic E-state index is 11.4. The molecular formula is C10H15BrN2OS. The first kappa shape index (κ1) is 12.7. The molecule has 0 fully saturated rings. The van der Waals surface area contributed by atoms with Crippen LogP contribution in [0.15, 0.2) is 15.9 Å². The molecule has 0 aromatic carbocycles. The van der Waals surface area contributed by atoms with Crippen molar-refractivity contribution in [2.45, 2.75) is 19.3 Å². The summed E-state index contributed by atoms with van der Waals surface area (Å²) in [5.74, 6) is 0.199. The second-order valence-electron chi connectivity index (χ2n) is 3.23. The predicted octanol–water partition coefficient (Wildman–Crippen LogP) is 2.08. The number of nitrogens with two attached hydrogens (primary N) is 1. The number of rotatable bonds is 5. The van der Waals surface area contributed by atoms with E-state index in [1.165, 1.54) is 0 Å². The van der Waals surface area contributed by atoms with Gasteiger partial charge in [0.2, 0.25) is 5.91 Å². The third-order valence-corrected chi connectivity index (χ3v) is 3.87. The molecule has 3 nitrogen and oxygen atoms in total. The van der Waals surface area contributed by atoms with Gasteiger partial charge in [0, 0.05) is 30.3 Å². The number of nitrogens with one attached hydrogen (secondary N) is 1. The Balaban J connectivity index is 2.60. The van der Waals surface area contributed by atoms with Crippen molar-refractivity contribution >= 4 is 33.2 Å². The minimum atomic E-state index is 0.0671. The van der Waals surface area contributed by atoms with Crippen molar-refractivity contribution in [3.8, 4) is 0 Å². The molecule has 0 aliphatic rings. The minimum Gasteiger partial charge on any atom is -0.356 e. The maximum absolute atomic E-state index is 11.4. The second-order valence-corrected chi connectivity index (χ2v) is 5.73. The quantitative estimate of drug-likeness (QED) is 0.872. The highest BCUT2D eigenvalue weighted by Gasteiger charge is 2.15. The summed E-state index contributed by atoms with van der Waals surface area (Å²) in [5, 5.41) is 2.79. The molecule has 3 N–H and O–H groups in total. The molecule has 0 saturated heterocycles. The lowest BCUT2D eigenvalue weighted by atomic mass is 10.0. The number of carbonyl (C=O) groups excluding carboxylic acids is 1. The Bertz CT molecular complexity index is 327. The summed E-state index contributed by atoms with van der Waals surface area (Å²) in [4.78, 5) is 12.6. The van der Waals surface area contributed by atoms with Gasteiger partial charge in [0.15, 0.2) is 0 Å². The number of thiophene rings is 1. The summed E-state index contributed by atoms with van der Waals surface area (Å²) in [5.41, 5.74) is 5.67. The molecule has 0 aliphatic carbocycles. The van der Waals surface area contributed by atoms with Crippen LogP contribution in [0, 0.1) is 0 Å². The maximum Gasteiger partial charge on any atom is 0.220 e. The van der Waals surface area contributed by atoms with E-state index in [1.54, 1.807) is 11.3 Å². The normalized spacial score (nSPS) is 12.5. The first-order valence-corrected chi connectivity index (χ1v) is 6.50. The molecule has 0 saturated carbocycles. The van der Waals surface area contributed by atoms with Crippen molar-refractivity contribution in [3.05, 3.63) is 20.8 Å². The van der Waals surface area contributed by atoms with Crippen molar-refractivity contribution < 1.29 is 4.79 Å². The lowest BCUT2D eigenvalue weighted by Gasteiger charge is -2.11. The molecule has 84 valence electrons. The van der Waals surface area contributed by atoms with Gasteiger partial charge in [-0.3, -0.25) is 4.79 Å². The Morgan fingerprint density at radius 1 is 1.67 bits per heavy atom. The third-order valence-electron chi connectivity index (χ3n) is 2.09. The molecule has 1 unspecified atom stereocenters. The zero-order chi connectivity index (χ0) is 11.3. The van der Waals surface area contributed by atoms with Gasteiger partial charge in [0.1, 0.15) is 0 Å². The van der Waals surface area contributed by atoms with Crippen molar-refractivity contribution in [1.82, 2.24) is 5.32 Å². The van der Waals surface area contributed by atoms with E-state index in [4.69, 9.17) is 5.73 Å². The molecule has 15 heavy (non-hydrogen) atoms. The van der Waals surface area contributed by atoms with Gasteiger partial charge in [-0.15, -0.1) is 11.3 Å². The van der Waals surface area contributed by atoms with E-state index in [0.29, 0.717) is 19.5 Å². The van der Waals surface area contributed by atoms with Gasteiger partial charge in [-0.25, -0.2) is 0 Å². The average Bonchev–Trinajstić information content (AvgIpc) is 2.61. The van der Waals surface area contributed by atoms with E-state index in [0.717, 1.165) is 8.66 Å². The topological polar surface area (TPSA) is 55.1 Å². The molecule has 0 bridgehead atoms. The zero-order valence-corrected chi connectivity index (χ0v) is 11.0. The van der Waals surface area contributed by atoms with E-state index in [1.807, 2.05) is 19.1 Å². The summed E-state index contributed by atoms with van der Waals surface area (Å²) in [6, 6.07) is 4.01. The Morgan fingerprint density at radius 2 is 2.40 bits per heavy atom.